The number of carbonyl (C=O) groups excluding carboxylic acids is 1. The van der Waals surface area contributed by atoms with Crippen LogP contribution >= 0.6 is 24.8 Å². The fraction of sp³-hybridized carbons (Fsp3) is 0.588. The first-order chi connectivity index (χ1) is 10.1. The third kappa shape index (κ3) is 5.87. The van der Waals surface area contributed by atoms with Gasteiger partial charge in [0.25, 0.3) is 0 Å². The summed E-state index contributed by atoms with van der Waals surface area (Å²) in [5.41, 5.74) is 3.46. The van der Waals surface area contributed by atoms with Crippen LogP contribution in [0.2, 0.25) is 0 Å². The highest BCUT2D eigenvalue weighted by atomic mass is 35.5. The monoisotopic (exact) mass is 361 g/mol. The van der Waals surface area contributed by atoms with Gasteiger partial charge in [-0.25, -0.2) is 0 Å². The molecular formula is C17H29Cl2N3O. The van der Waals surface area contributed by atoms with E-state index >= 15 is 0 Å². The lowest BCUT2D eigenvalue weighted by Gasteiger charge is -2.28. The summed E-state index contributed by atoms with van der Waals surface area (Å²) in [6.45, 7) is 9.44. The predicted octanol–water partition coefficient (Wildman–Crippen LogP) is 3.16. The number of hydrogen-bond donors (Lipinski definition) is 2. The first kappa shape index (κ1) is 22.0. The van der Waals surface area contributed by atoms with Gasteiger partial charge in [-0.1, -0.05) is 25.1 Å². The van der Waals surface area contributed by atoms with E-state index in [2.05, 4.69) is 43.5 Å². The zero-order chi connectivity index (χ0) is 15.2. The Bertz CT molecular complexity index is 470. The normalized spacial score (nSPS) is 16.2. The van der Waals surface area contributed by atoms with E-state index in [1.807, 2.05) is 11.0 Å². The molecule has 1 amide bonds. The molecule has 4 nitrogen and oxygen atoms in total. The minimum Gasteiger partial charge on any atom is -0.376 e. The average Bonchev–Trinajstić information content (AvgIpc) is 2.97. The standard InChI is InChI=1S/C17H27N3O.2ClH/c1-4-10-20(15-8-9-18-11-15)16(21)12-19-17-13(2)6-5-7-14(17)3;;/h5-7,15,18-19H,4,8-12H2,1-3H3;2*1H. The van der Waals surface area contributed by atoms with E-state index in [-0.39, 0.29) is 30.7 Å². The molecule has 1 aromatic carbocycles. The summed E-state index contributed by atoms with van der Waals surface area (Å²) in [5, 5.41) is 6.68. The first-order valence-corrected chi connectivity index (χ1v) is 7.93. The summed E-state index contributed by atoms with van der Waals surface area (Å²) in [6.07, 6.45) is 2.07. The minimum atomic E-state index is 0. The van der Waals surface area contributed by atoms with Gasteiger partial charge in [0.2, 0.25) is 5.91 Å². The fourth-order valence-corrected chi connectivity index (χ4v) is 3.02. The first-order valence-electron chi connectivity index (χ1n) is 7.93. The topological polar surface area (TPSA) is 44.4 Å². The molecule has 1 aliphatic heterocycles. The number of rotatable bonds is 6. The molecule has 2 N–H and O–H groups in total. The second kappa shape index (κ2) is 10.7. The van der Waals surface area contributed by atoms with Gasteiger partial charge in [-0.2, -0.15) is 0 Å². The highest BCUT2D eigenvalue weighted by Crippen LogP contribution is 2.19. The van der Waals surface area contributed by atoms with E-state index in [0.717, 1.165) is 38.2 Å². The van der Waals surface area contributed by atoms with Crippen LogP contribution in [-0.2, 0) is 4.79 Å². The van der Waals surface area contributed by atoms with Crippen molar-refractivity contribution < 1.29 is 4.79 Å². The second-order valence-electron chi connectivity index (χ2n) is 5.85. The van der Waals surface area contributed by atoms with Gasteiger partial charge in [0, 0.05) is 24.8 Å². The Morgan fingerprint density at radius 1 is 1.30 bits per heavy atom. The van der Waals surface area contributed by atoms with Crippen LogP contribution in [0.1, 0.15) is 30.9 Å². The van der Waals surface area contributed by atoms with Crippen LogP contribution in [0.5, 0.6) is 0 Å². The lowest BCUT2D eigenvalue weighted by Crippen LogP contribution is -2.44. The molecule has 1 heterocycles. The zero-order valence-corrected chi connectivity index (χ0v) is 15.9. The van der Waals surface area contributed by atoms with Crippen LogP contribution in [0.15, 0.2) is 18.2 Å². The predicted molar refractivity (Wildman–Crippen MR) is 102 cm³/mol. The highest BCUT2D eigenvalue weighted by molar-refractivity contribution is 5.85. The Morgan fingerprint density at radius 2 is 1.96 bits per heavy atom. The van der Waals surface area contributed by atoms with Crippen molar-refractivity contribution in [2.24, 2.45) is 0 Å². The molecule has 0 aliphatic carbocycles. The number of amides is 1. The number of para-hydroxylation sites is 1. The average molecular weight is 362 g/mol. The summed E-state index contributed by atoms with van der Waals surface area (Å²) < 4.78 is 0. The van der Waals surface area contributed by atoms with Gasteiger partial charge < -0.3 is 15.5 Å². The largest absolute Gasteiger partial charge is 0.376 e. The molecule has 0 bridgehead atoms. The quantitative estimate of drug-likeness (QED) is 0.817. The van der Waals surface area contributed by atoms with Gasteiger partial charge in [-0.15, -0.1) is 24.8 Å². The lowest BCUT2D eigenvalue weighted by atomic mass is 10.1. The number of hydrogen-bond acceptors (Lipinski definition) is 3. The molecule has 0 radical (unpaired) electrons. The van der Waals surface area contributed by atoms with Gasteiger partial charge >= 0.3 is 0 Å². The van der Waals surface area contributed by atoms with Crippen LogP contribution in [0.3, 0.4) is 0 Å². The van der Waals surface area contributed by atoms with Crippen molar-refractivity contribution >= 4 is 36.4 Å². The summed E-state index contributed by atoms with van der Waals surface area (Å²) in [4.78, 5) is 14.6. The van der Waals surface area contributed by atoms with Crippen molar-refractivity contribution in [3.05, 3.63) is 29.3 Å². The number of anilines is 1. The molecule has 1 aromatic rings. The molecule has 1 unspecified atom stereocenters. The number of aryl methyl sites for hydroxylation is 2. The molecule has 1 fully saturated rings. The van der Waals surface area contributed by atoms with Crippen molar-refractivity contribution in [1.82, 2.24) is 10.2 Å². The number of nitrogens with one attached hydrogen (secondary N) is 2. The molecule has 0 aromatic heterocycles. The summed E-state index contributed by atoms with van der Waals surface area (Å²) in [5.74, 6) is 0.202. The lowest BCUT2D eigenvalue weighted by molar-refractivity contribution is -0.131. The number of carbonyl (C=O) groups is 1. The van der Waals surface area contributed by atoms with Crippen molar-refractivity contribution in [3.8, 4) is 0 Å². The SMILES string of the molecule is CCCN(C(=O)CNc1c(C)cccc1C)C1CCNC1.Cl.Cl. The van der Waals surface area contributed by atoms with E-state index < -0.39 is 0 Å². The Kier molecular flexibility index (Phi) is 10.3. The van der Waals surface area contributed by atoms with E-state index in [0.29, 0.717) is 12.6 Å². The molecular weight excluding hydrogens is 333 g/mol. The van der Waals surface area contributed by atoms with E-state index in [1.165, 1.54) is 11.1 Å². The Balaban J connectivity index is 0.00000242. The van der Waals surface area contributed by atoms with Crippen molar-refractivity contribution in [1.29, 1.82) is 0 Å². The van der Waals surface area contributed by atoms with E-state index in [1.54, 1.807) is 0 Å². The van der Waals surface area contributed by atoms with Crippen molar-refractivity contribution in [2.75, 3.05) is 31.5 Å². The smallest absolute Gasteiger partial charge is 0.242 e. The number of nitrogens with zero attached hydrogens (tertiary/aromatic N) is 1. The molecule has 132 valence electrons. The molecule has 6 heteroatoms. The Morgan fingerprint density at radius 3 is 2.48 bits per heavy atom. The van der Waals surface area contributed by atoms with Crippen molar-refractivity contribution in [2.45, 2.75) is 39.7 Å². The van der Waals surface area contributed by atoms with Crippen LogP contribution in [0.4, 0.5) is 5.69 Å². The summed E-state index contributed by atoms with van der Waals surface area (Å²) in [6, 6.07) is 6.55. The van der Waals surface area contributed by atoms with Gasteiger partial charge in [-0.05, 0) is 44.4 Å². The summed E-state index contributed by atoms with van der Waals surface area (Å²) >= 11 is 0. The van der Waals surface area contributed by atoms with E-state index in [9.17, 15) is 4.79 Å². The fourth-order valence-electron chi connectivity index (χ4n) is 3.02. The zero-order valence-electron chi connectivity index (χ0n) is 14.2. The van der Waals surface area contributed by atoms with Crippen LogP contribution in [0, 0.1) is 13.8 Å². The number of halogens is 2. The maximum atomic E-state index is 12.6. The van der Waals surface area contributed by atoms with Gasteiger partial charge in [-0.3, -0.25) is 4.79 Å². The van der Waals surface area contributed by atoms with Gasteiger partial charge in [0.1, 0.15) is 0 Å². The van der Waals surface area contributed by atoms with Crippen molar-refractivity contribution in [3.63, 3.8) is 0 Å². The van der Waals surface area contributed by atoms with Crippen LogP contribution in [-0.4, -0.2) is 43.0 Å². The van der Waals surface area contributed by atoms with Gasteiger partial charge in [0.05, 0.1) is 6.54 Å². The van der Waals surface area contributed by atoms with Crippen LogP contribution < -0.4 is 10.6 Å². The molecule has 1 aliphatic rings. The second-order valence-corrected chi connectivity index (χ2v) is 5.85. The number of benzene rings is 1. The maximum Gasteiger partial charge on any atom is 0.242 e. The van der Waals surface area contributed by atoms with Crippen LogP contribution in [0.25, 0.3) is 0 Å². The Labute approximate surface area is 152 Å². The molecule has 0 spiro atoms. The summed E-state index contributed by atoms with van der Waals surface area (Å²) in [7, 11) is 0. The van der Waals surface area contributed by atoms with E-state index in [4.69, 9.17) is 0 Å². The third-order valence-corrected chi connectivity index (χ3v) is 4.16. The minimum absolute atomic E-state index is 0. The maximum absolute atomic E-state index is 12.6. The molecule has 2 rings (SSSR count). The Hall–Kier alpha value is -0.970. The van der Waals surface area contributed by atoms with Gasteiger partial charge in [0.15, 0.2) is 0 Å². The molecule has 1 atom stereocenters. The molecule has 0 saturated carbocycles. The highest BCUT2D eigenvalue weighted by Gasteiger charge is 2.25. The third-order valence-electron chi connectivity index (χ3n) is 4.16. The molecule has 1 saturated heterocycles. The molecule has 23 heavy (non-hydrogen) atoms.